The Hall–Kier alpha value is -2.16. The number of nitrogens with one attached hydrogen (secondary N) is 3. The van der Waals surface area contributed by atoms with E-state index in [4.69, 9.17) is 17.4 Å². The zero-order valence-electron chi connectivity index (χ0n) is 12.1. The van der Waals surface area contributed by atoms with Crippen LogP contribution in [-0.2, 0) is 0 Å². The molecular weight excluding hydrogens is 321 g/mol. The highest BCUT2D eigenvalue weighted by atomic mass is 35.5. The van der Waals surface area contributed by atoms with Gasteiger partial charge in [-0.1, -0.05) is 11.6 Å². The van der Waals surface area contributed by atoms with Crippen LogP contribution in [-0.4, -0.2) is 40.3 Å². The molecule has 1 atom stereocenters. The van der Waals surface area contributed by atoms with Gasteiger partial charge in [0, 0.05) is 36.6 Å². The first-order valence-electron chi connectivity index (χ1n) is 7.20. The molecule has 1 fully saturated rings. The van der Waals surface area contributed by atoms with Crippen LogP contribution in [0.3, 0.4) is 0 Å². The van der Waals surface area contributed by atoms with Gasteiger partial charge in [0.1, 0.15) is 6.17 Å². The van der Waals surface area contributed by atoms with Crippen LogP contribution in [0, 0.1) is 5.82 Å². The Kier molecular flexibility index (Phi) is 3.44. The summed E-state index contributed by atoms with van der Waals surface area (Å²) in [6.45, 7) is 1.57. The van der Waals surface area contributed by atoms with Crippen molar-refractivity contribution >= 4 is 23.0 Å². The topological polar surface area (TPSA) is 91.1 Å². The van der Waals surface area contributed by atoms with Crippen LogP contribution in [0.15, 0.2) is 35.3 Å². The lowest BCUT2D eigenvalue weighted by molar-refractivity contribution is 0.313. The average Bonchev–Trinajstić information content (AvgIpc) is 2.81. The Morgan fingerprint density at radius 3 is 3.00 bits per heavy atom. The van der Waals surface area contributed by atoms with E-state index < -0.39 is 5.82 Å². The molecule has 0 radical (unpaired) electrons. The van der Waals surface area contributed by atoms with E-state index in [-0.39, 0.29) is 18.0 Å². The standard InChI is InChI=1S/C14H15ClFN7/c15-7-1-9-10(6-23(17)14(9)20-2-7)12-19-5-11(16)13(22-12)21-8-3-18-4-8/h1-2,5-6,8,14,18,20H,3-4,17H2,(H,19,21,22). The lowest BCUT2D eigenvalue weighted by Crippen LogP contribution is -2.51. The van der Waals surface area contributed by atoms with Crippen molar-refractivity contribution in [2.75, 3.05) is 18.4 Å². The number of rotatable bonds is 3. The fraction of sp³-hybridized carbons (Fsp3) is 0.286. The summed E-state index contributed by atoms with van der Waals surface area (Å²) in [5, 5.41) is 11.3. The number of hydrogen-bond donors (Lipinski definition) is 4. The second-order valence-corrected chi connectivity index (χ2v) is 6.01. The zero-order chi connectivity index (χ0) is 16.0. The van der Waals surface area contributed by atoms with Crippen molar-refractivity contribution in [3.63, 3.8) is 0 Å². The molecule has 3 aliphatic heterocycles. The van der Waals surface area contributed by atoms with E-state index in [1.807, 2.05) is 0 Å². The van der Waals surface area contributed by atoms with Crippen molar-refractivity contribution in [3.8, 4) is 0 Å². The summed E-state index contributed by atoms with van der Waals surface area (Å²) in [7, 11) is 0. The molecule has 0 bridgehead atoms. The maximum absolute atomic E-state index is 13.9. The highest BCUT2D eigenvalue weighted by molar-refractivity contribution is 6.31. The van der Waals surface area contributed by atoms with Crippen molar-refractivity contribution in [2.45, 2.75) is 12.2 Å². The number of allylic oxidation sites excluding steroid dienone is 2. The Bertz CT molecular complexity index is 741. The molecule has 0 amide bonds. The van der Waals surface area contributed by atoms with E-state index in [1.165, 1.54) is 11.2 Å². The molecule has 1 saturated heterocycles. The van der Waals surface area contributed by atoms with Crippen LogP contribution < -0.4 is 21.8 Å². The van der Waals surface area contributed by atoms with Crippen molar-refractivity contribution in [2.24, 2.45) is 5.84 Å². The van der Waals surface area contributed by atoms with E-state index in [1.54, 1.807) is 18.5 Å². The van der Waals surface area contributed by atoms with Crippen LogP contribution in [0.5, 0.6) is 0 Å². The molecule has 0 saturated carbocycles. The SMILES string of the molecule is NN1C=C(c2ncc(F)c(NC3CNC3)n2)C2=CC(Cl)=CNC21. The molecule has 5 N–H and O–H groups in total. The van der Waals surface area contributed by atoms with E-state index in [0.717, 1.165) is 18.7 Å². The van der Waals surface area contributed by atoms with Crippen LogP contribution in [0.2, 0.25) is 0 Å². The molecule has 0 aromatic carbocycles. The van der Waals surface area contributed by atoms with E-state index in [9.17, 15) is 4.39 Å². The summed E-state index contributed by atoms with van der Waals surface area (Å²) in [6, 6.07) is 0.177. The first-order chi connectivity index (χ1) is 11.1. The van der Waals surface area contributed by atoms with Crippen molar-refractivity contribution < 1.29 is 4.39 Å². The van der Waals surface area contributed by atoms with Gasteiger partial charge in [-0.05, 0) is 6.08 Å². The summed E-state index contributed by atoms with van der Waals surface area (Å²) in [5.41, 5.74) is 1.56. The molecule has 1 aromatic rings. The van der Waals surface area contributed by atoms with Gasteiger partial charge in [0.05, 0.1) is 17.3 Å². The predicted molar refractivity (Wildman–Crippen MR) is 85.2 cm³/mol. The number of aromatic nitrogens is 2. The van der Waals surface area contributed by atoms with Gasteiger partial charge in [0.2, 0.25) is 0 Å². The van der Waals surface area contributed by atoms with Crippen molar-refractivity contribution in [1.82, 2.24) is 25.6 Å². The summed E-state index contributed by atoms with van der Waals surface area (Å²) < 4.78 is 13.9. The maximum Gasteiger partial charge on any atom is 0.183 e. The fourth-order valence-corrected chi connectivity index (χ4v) is 2.84. The van der Waals surface area contributed by atoms with Gasteiger partial charge in [0.15, 0.2) is 17.5 Å². The normalized spacial score (nSPS) is 23.3. The molecule has 4 rings (SSSR count). The summed E-state index contributed by atoms with van der Waals surface area (Å²) in [5.74, 6) is 6.09. The largest absolute Gasteiger partial charge is 0.365 e. The zero-order valence-corrected chi connectivity index (χ0v) is 12.8. The summed E-state index contributed by atoms with van der Waals surface area (Å²) in [4.78, 5) is 8.42. The third kappa shape index (κ3) is 2.54. The lowest BCUT2D eigenvalue weighted by Gasteiger charge is -2.28. The number of nitrogens with two attached hydrogens (primary N) is 1. The van der Waals surface area contributed by atoms with Crippen LogP contribution >= 0.6 is 11.6 Å². The van der Waals surface area contributed by atoms with Gasteiger partial charge in [-0.25, -0.2) is 20.2 Å². The summed E-state index contributed by atoms with van der Waals surface area (Å²) in [6.07, 6.45) is 6.13. The first-order valence-corrected chi connectivity index (χ1v) is 7.58. The van der Waals surface area contributed by atoms with Gasteiger partial charge in [-0.2, -0.15) is 0 Å². The second kappa shape index (κ2) is 5.48. The van der Waals surface area contributed by atoms with E-state index in [2.05, 4.69) is 25.9 Å². The molecular formula is C14H15ClFN7. The Labute approximate surface area is 137 Å². The van der Waals surface area contributed by atoms with Crippen molar-refractivity contribution in [1.29, 1.82) is 0 Å². The number of hydrazine groups is 1. The molecule has 7 nitrogen and oxygen atoms in total. The van der Waals surface area contributed by atoms with Crippen molar-refractivity contribution in [3.05, 3.63) is 46.9 Å². The number of hydrogen-bond acceptors (Lipinski definition) is 7. The first kappa shape index (κ1) is 14.4. The highest BCUT2D eigenvalue weighted by Gasteiger charge is 2.32. The Morgan fingerprint density at radius 2 is 2.26 bits per heavy atom. The van der Waals surface area contributed by atoms with Crippen LogP contribution in [0.25, 0.3) is 5.57 Å². The van der Waals surface area contributed by atoms with E-state index >= 15 is 0 Å². The molecule has 3 aliphatic rings. The van der Waals surface area contributed by atoms with Gasteiger partial charge >= 0.3 is 0 Å². The summed E-state index contributed by atoms with van der Waals surface area (Å²) >= 11 is 6.05. The Morgan fingerprint density at radius 1 is 1.43 bits per heavy atom. The molecule has 0 spiro atoms. The Balaban J connectivity index is 1.68. The van der Waals surface area contributed by atoms with Gasteiger partial charge in [-0.3, -0.25) is 5.01 Å². The molecule has 9 heteroatoms. The maximum atomic E-state index is 13.9. The number of dihydropyridines is 1. The third-order valence-electron chi connectivity index (χ3n) is 3.96. The highest BCUT2D eigenvalue weighted by Crippen LogP contribution is 2.34. The predicted octanol–water partition coefficient (Wildman–Crippen LogP) is 0.466. The number of anilines is 1. The number of halogens is 2. The minimum absolute atomic E-state index is 0.177. The lowest BCUT2D eigenvalue weighted by atomic mass is 10.0. The minimum Gasteiger partial charge on any atom is -0.365 e. The number of fused-ring (bicyclic) bond motifs is 1. The van der Waals surface area contributed by atoms with Gasteiger partial charge in [0.25, 0.3) is 0 Å². The smallest absolute Gasteiger partial charge is 0.183 e. The molecule has 23 heavy (non-hydrogen) atoms. The molecule has 1 unspecified atom stereocenters. The monoisotopic (exact) mass is 335 g/mol. The average molecular weight is 336 g/mol. The van der Waals surface area contributed by atoms with Crippen LogP contribution in [0.4, 0.5) is 10.2 Å². The van der Waals surface area contributed by atoms with Crippen LogP contribution in [0.1, 0.15) is 5.82 Å². The fourth-order valence-electron chi connectivity index (χ4n) is 2.66. The third-order valence-corrected chi connectivity index (χ3v) is 4.18. The van der Waals surface area contributed by atoms with E-state index in [0.29, 0.717) is 16.4 Å². The van der Waals surface area contributed by atoms with Gasteiger partial charge < -0.3 is 16.0 Å². The quantitative estimate of drug-likeness (QED) is 0.597. The molecule has 120 valence electrons. The number of nitrogens with zero attached hydrogens (tertiary/aromatic N) is 3. The van der Waals surface area contributed by atoms with Gasteiger partial charge in [-0.15, -0.1) is 0 Å². The minimum atomic E-state index is -0.478. The molecule has 1 aromatic heterocycles. The molecule has 4 heterocycles. The molecule has 0 aliphatic carbocycles. The second-order valence-electron chi connectivity index (χ2n) is 5.58.